The Labute approximate surface area is 117 Å². The van der Waals surface area contributed by atoms with E-state index in [-0.39, 0.29) is 18.3 Å². The summed E-state index contributed by atoms with van der Waals surface area (Å²) in [5, 5.41) is 2.77. The van der Waals surface area contributed by atoms with E-state index >= 15 is 0 Å². The first-order chi connectivity index (χ1) is 9.63. The highest BCUT2D eigenvalue weighted by Crippen LogP contribution is 2.10. The lowest BCUT2D eigenvalue weighted by Crippen LogP contribution is -2.28. The van der Waals surface area contributed by atoms with Crippen LogP contribution in [-0.4, -0.2) is 12.5 Å². The van der Waals surface area contributed by atoms with Gasteiger partial charge in [0.05, 0.1) is 0 Å². The Morgan fingerprint density at radius 3 is 2.65 bits per heavy atom. The van der Waals surface area contributed by atoms with Gasteiger partial charge in [0.1, 0.15) is 11.6 Å². The molecule has 0 heterocycles. The van der Waals surface area contributed by atoms with Gasteiger partial charge in [-0.2, -0.15) is 0 Å². The second kappa shape index (κ2) is 6.70. The monoisotopic (exact) mass is 273 g/mol. The molecule has 0 aliphatic heterocycles. The van der Waals surface area contributed by atoms with Crippen molar-refractivity contribution >= 4 is 5.91 Å². The van der Waals surface area contributed by atoms with Crippen molar-refractivity contribution in [3.05, 3.63) is 65.5 Å². The van der Waals surface area contributed by atoms with Crippen LogP contribution < -0.4 is 10.1 Å². The predicted molar refractivity (Wildman–Crippen MR) is 74.9 cm³/mol. The lowest BCUT2D eigenvalue weighted by molar-refractivity contribution is -0.123. The van der Waals surface area contributed by atoms with Crippen LogP contribution in [0.2, 0.25) is 0 Å². The summed E-state index contributed by atoms with van der Waals surface area (Å²) in [6, 6.07) is 13.5. The van der Waals surface area contributed by atoms with E-state index in [4.69, 9.17) is 4.74 Å². The third kappa shape index (κ3) is 4.39. The Balaban J connectivity index is 1.77. The lowest BCUT2D eigenvalue weighted by Gasteiger charge is -2.08. The molecule has 0 aliphatic rings. The smallest absolute Gasteiger partial charge is 0.258 e. The van der Waals surface area contributed by atoms with Crippen molar-refractivity contribution in [1.29, 1.82) is 0 Å². The van der Waals surface area contributed by atoms with Crippen LogP contribution in [0.1, 0.15) is 11.1 Å². The van der Waals surface area contributed by atoms with Crippen molar-refractivity contribution in [2.45, 2.75) is 13.5 Å². The Kier molecular flexibility index (Phi) is 4.71. The first-order valence-electron chi connectivity index (χ1n) is 6.34. The fourth-order valence-corrected chi connectivity index (χ4v) is 1.75. The van der Waals surface area contributed by atoms with Gasteiger partial charge in [0.2, 0.25) is 0 Å². The number of benzene rings is 2. The van der Waals surface area contributed by atoms with Crippen LogP contribution in [-0.2, 0) is 11.3 Å². The first-order valence-corrected chi connectivity index (χ1v) is 6.34. The zero-order valence-electron chi connectivity index (χ0n) is 11.2. The number of aryl methyl sites for hydroxylation is 1. The van der Waals surface area contributed by atoms with Crippen LogP contribution in [0, 0.1) is 12.7 Å². The van der Waals surface area contributed by atoms with Crippen molar-refractivity contribution in [1.82, 2.24) is 5.32 Å². The van der Waals surface area contributed by atoms with Crippen molar-refractivity contribution in [2.75, 3.05) is 6.61 Å². The number of carbonyl (C=O) groups excluding carboxylic acids is 1. The van der Waals surface area contributed by atoms with Gasteiger partial charge in [-0.05, 0) is 36.8 Å². The molecule has 1 amide bonds. The molecule has 0 atom stereocenters. The molecule has 0 spiro atoms. The van der Waals surface area contributed by atoms with Gasteiger partial charge in [0.25, 0.3) is 5.91 Å². The highest BCUT2D eigenvalue weighted by Gasteiger charge is 2.03. The average molecular weight is 273 g/mol. The quantitative estimate of drug-likeness (QED) is 0.909. The van der Waals surface area contributed by atoms with E-state index in [1.165, 1.54) is 24.3 Å². The summed E-state index contributed by atoms with van der Waals surface area (Å²) in [5.74, 6) is -0.0748. The molecule has 2 aromatic carbocycles. The second-order valence-electron chi connectivity index (χ2n) is 4.51. The molecular weight excluding hydrogens is 257 g/mol. The minimum Gasteiger partial charge on any atom is -0.484 e. The van der Waals surface area contributed by atoms with Crippen molar-refractivity contribution in [3.63, 3.8) is 0 Å². The van der Waals surface area contributed by atoms with Crippen molar-refractivity contribution in [2.24, 2.45) is 0 Å². The summed E-state index contributed by atoms with van der Waals surface area (Å²) in [6.45, 7) is 2.38. The summed E-state index contributed by atoms with van der Waals surface area (Å²) >= 11 is 0. The molecule has 0 aliphatic carbocycles. The average Bonchev–Trinajstić information content (AvgIpc) is 2.45. The topological polar surface area (TPSA) is 38.3 Å². The fourth-order valence-electron chi connectivity index (χ4n) is 1.75. The number of amides is 1. The van der Waals surface area contributed by atoms with E-state index in [9.17, 15) is 9.18 Å². The molecule has 2 aromatic rings. The molecule has 104 valence electrons. The summed E-state index contributed by atoms with van der Waals surface area (Å²) in [6.07, 6.45) is 0. The van der Waals surface area contributed by atoms with E-state index in [0.29, 0.717) is 12.3 Å². The molecule has 4 heteroatoms. The summed E-state index contributed by atoms with van der Waals surface area (Å²) < 4.78 is 17.9. The zero-order chi connectivity index (χ0) is 14.4. The third-order valence-corrected chi connectivity index (χ3v) is 2.76. The molecule has 0 aromatic heterocycles. The Bertz CT molecular complexity index is 581. The first kappa shape index (κ1) is 14.1. The molecule has 20 heavy (non-hydrogen) atoms. The maximum atomic E-state index is 12.7. The maximum absolute atomic E-state index is 12.7. The number of halogens is 1. The van der Waals surface area contributed by atoms with Gasteiger partial charge >= 0.3 is 0 Å². The number of rotatable bonds is 5. The summed E-state index contributed by atoms with van der Waals surface area (Å²) in [5.41, 5.74) is 2.19. The molecule has 1 N–H and O–H groups in total. The second-order valence-corrected chi connectivity index (χ2v) is 4.51. The number of hydrogen-bond donors (Lipinski definition) is 1. The van der Waals surface area contributed by atoms with Gasteiger partial charge < -0.3 is 10.1 Å². The molecule has 0 fully saturated rings. The van der Waals surface area contributed by atoms with Gasteiger partial charge in [-0.3, -0.25) is 4.79 Å². The Morgan fingerprint density at radius 2 is 1.95 bits per heavy atom. The SMILES string of the molecule is Cc1cccc(CNC(=O)COc2ccc(F)cc2)c1. The Morgan fingerprint density at radius 1 is 1.20 bits per heavy atom. The fraction of sp³-hybridized carbons (Fsp3) is 0.188. The molecule has 0 unspecified atom stereocenters. The summed E-state index contributed by atoms with van der Waals surface area (Å²) in [7, 11) is 0. The highest BCUT2D eigenvalue weighted by atomic mass is 19.1. The molecule has 3 nitrogen and oxygen atoms in total. The minimum absolute atomic E-state index is 0.0859. The van der Waals surface area contributed by atoms with Crippen LogP contribution in [0.5, 0.6) is 5.75 Å². The van der Waals surface area contributed by atoms with E-state index in [0.717, 1.165) is 11.1 Å². The van der Waals surface area contributed by atoms with Crippen molar-refractivity contribution in [3.8, 4) is 5.75 Å². The molecule has 2 rings (SSSR count). The number of carbonyl (C=O) groups is 1. The van der Waals surface area contributed by atoms with E-state index in [1.807, 2.05) is 31.2 Å². The van der Waals surface area contributed by atoms with Crippen LogP contribution in [0.15, 0.2) is 48.5 Å². The van der Waals surface area contributed by atoms with Crippen LogP contribution in [0.3, 0.4) is 0 Å². The van der Waals surface area contributed by atoms with Gasteiger partial charge in [-0.25, -0.2) is 4.39 Å². The maximum Gasteiger partial charge on any atom is 0.258 e. The third-order valence-electron chi connectivity index (χ3n) is 2.76. The molecule has 0 bridgehead atoms. The van der Waals surface area contributed by atoms with Gasteiger partial charge in [0.15, 0.2) is 6.61 Å². The standard InChI is InChI=1S/C16H16FNO2/c1-12-3-2-4-13(9-12)10-18-16(19)11-20-15-7-5-14(17)6-8-15/h2-9H,10-11H2,1H3,(H,18,19). The van der Waals surface area contributed by atoms with Crippen LogP contribution in [0.4, 0.5) is 4.39 Å². The normalized spacial score (nSPS) is 10.1. The predicted octanol–water partition coefficient (Wildman–Crippen LogP) is 2.83. The van der Waals surface area contributed by atoms with Gasteiger partial charge in [0, 0.05) is 6.54 Å². The van der Waals surface area contributed by atoms with Crippen LogP contribution in [0.25, 0.3) is 0 Å². The lowest BCUT2D eigenvalue weighted by atomic mass is 10.1. The highest BCUT2D eigenvalue weighted by molar-refractivity contribution is 5.77. The van der Waals surface area contributed by atoms with E-state index in [2.05, 4.69) is 5.32 Å². The number of ether oxygens (including phenoxy) is 1. The molecule has 0 saturated carbocycles. The summed E-state index contributed by atoms with van der Waals surface area (Å²) in [4.78, 5) is 11.6. The molecule has 0 saturated heterocycles. The minimum atomic E-state index is -0.332. The Hall–Kier alpha value is -2.36. The van der Waals surface area contributed by atoms with E-state index < -0.39 is 0 Å². The zero-order valence-corrected chi connectivity index (χ0v) is 11.2. The van der Waals surface area contributed by atoms with E-state index in [1.54, 1.807) is 0 Å². The van der Waals surface area contributed by atoms with Gasteiger partial charge in [-0.15, -0.1) is 0 Å². The van der Waals surface area contributed by atoms with Crippen molar-refractivity contribution < 1.29 is 13.9 Å². The number of nitrogens with one attached hydrogen (secondary N) is 1. The van der Waals surface area contributed by atoms with Crippen LogP contribution >= 0.6 is 0 Å². The molecular formula is C16H16FNO2. The largest absolute Gasteiger partial charge is 0.484 e. The number of hydrogen-bond acceptors (Lipinski definition) is 2. The molecule has 0 radical (unpaired) electrons. The van der Waals surface area contributed by atoms with Gasteiger partial charge in [-0.1, -0.05) is 29.8 Å².